The van der Waals surface area contributed by atoms with Gasteiger partial charge in [0.05, 0.1) is 11.4 Å². The number of benzene rings is 2. The molecule has 0 bridgehead atoms. The van der Waals surface area contributed by atoms with E-state index >= 15 is 0 Å². The quantitative estimate of drug-likeness (QED) is 0.608. The summed E-state index contributed by atoms with van der Waals surface area (Å²) in [4.78, 5) is 12.4. The summed E-state index contributed by atoms with van der Waals surface area (Å²) in [6.07, 6.45) is 0. The van der Waals surface area contributed by atoms with Crippen LogP contribution in [0.5, 0.6) is 5.75 Å². The van der Waals surface area contributed by atoms with Crippen LogP contribution in [0.25, 0.3) is 0 Å². The Kier molecular flexibility index (Phi) is 7.48. The molecule has 0 saturated carbocycles. The Morgan fingerprint density at radius 2 is 1.72 bits per heavy atom. The van der Waals surface area contributed by atoms with E-state index in [0.29, 0.717) is 17.6 Å². The first kappa shape index (κ1) is 23.4. The third-order valence-electron chi connectivity index (χ3n) is 4.33. The van der Waals surface area contributed by atoms with E-state index < -0.39 is 10.0 Å². The molecule has 0 fully saturated rings. The minimum absolute atomic E-state index is 0.0466. The number of amides is 1. The zero-order valence-corrected chi connectivity index (χ0v) is 19.7. The lowest BCUT2D eigenvalue weighted by molar-refractivity contribution is 0.0946. The number of nitrogens with one attached hydrogen (secondary N) is 1. The molecule has 0 aliphatic heterocycles. The van der Waals surface area contributed by atoms with Crippen molar-refractivity contribution in [3.8, 4) is 5.75 Å². The highest BCUT2D eigenvalue weighted by Crippen LogP contribution is 2.26. The minimum atomic E-state index is -3.66. The third kappa shape index (κ3) is 6.04. The summed E-state index contributed by atoms with van der Waals surface area (Å²) in [5.41, 5.74) is 1.57. The van der Waals surface area contributed by atoms with Crippen molar-refractivity contribution in [2.45, 2.75) is 31.1 Å². The van der Waals surface area contributed by atoms with E-state index in [9.17, 15) is 13.2 Å². The predicted octanol–water partition coefficient (Wildman–Crippen LogP) is 3.81. The lowest BCUT2D eigenvalue weighted by atomic mass is 9.87. The molecule has 1 amide bonds. The van der Waals surface area contributed by atoms with Crippen LogP contribution in [0.4, 0.5) is 0 Å². The summed E-state index contributed by atoms with van der Waals surface area (Å²) < 4.78 is 31.9. The molecule has 1 N–H and O–H groups in total. The number of carbonyl (C=O) groups is 1. The maximum atomic E-state index is 12.4. The second-order valence-electron chi connectivity index (χ2n) is 7.81. The lowest BCUT2D eigenvalue weighted by Crippen LogP contribution is -2.28. The Labute approximate surface area is 181 Å². The van der Waals surface area contributed by atoms with E-state index in [1.807, 2.05) is 24.3 Å². The zero-order chi connectivity index (χ0) is 21.8. The predicted molar refractivity (Wildman–Crippen MR) is 118 cm³/mol. The van der Waals surface area contributed by atoms with E-state index in [1.165, 1.54) is 25.7 Å². The first-order valence-electron chi connectivity index (χ1n) is 9.16. The maximum absolute atomic E-state index is 12.4. The Bertz CT molecular complexity index is 965. The Morgan fingerprint density at radius 1 is 1.10 bits per heavy atom. The van der Waals surface area contributed by atoms with Gasteiger partial charge in [0.1, 0.15) is 12.4 Å². The molecule has 29 heavy (non-hydrogen) atoms. The summed E-state index contributed by atoms with van der Waals surface area (Å²) in [5, 5.41) is 2.74. The van der Waals surface area contributed by atoms with Gasteiger partial charge in [0.2, 0.25) is 10.0 Å². The summed E-state index contributed by atoms with van der Waals surface area (Å²) in [5.74, 6) is 0.370. The maximum Gasteiger partial charge on any atom is 0.251 e. The second-order valence-corrected chi connectivity index (χ2v) is 10.8. The van der Waals surface area contributed by atoms with Crippen LogP contribution in [0.15, 0.2) is 51.8 Å². The van der Waals surface area contributed by atoms with Crippen LogP contribution in [0, 0.1) is 0 Å². The van der Waals surface area contributed by atoms with Crippen molar-refractivity contribution >= 4 is 31.9 Å². The molecule has 0 unspecified atom stereocenters. The normalized spacial score (nSPS) is 12.1. The van der Waals surface area contributed by atoms with Gasteiger partial charge in [0.15, 0.2) is 0 Å². The first-order valence-corrected chi connectivity index (χ1v) is 11.4. The van der Waals surface area contributed by atoms with Crippen molar-refractivity contribution in [1.82, 2.24) is 9.62 Å². The lowest BCUT2D eigenvalue weighted by Gasteiger charge is -2.19. The van der Waals surface area contributed by atoms with Gasteiger partial charge in [0, 0.05) is 24.1 Å². The summed E-state index contributed by atoms with van der Waals surface area (Å²) in [6.45, 7) is 7.05. The standard InChI is InChI=1S/C21H27BrN2O4S/c1-21(2,3)16-7-9-17(10-8-16)28-13-12-23-20(25)15-6-11-18(22)19(14-15)29(26,27)24(4)5/h6-11,14H,12-13H2,1-5H3,(H,23,25). The van der Waals surface area contributed by atoms with Crippen molar-refractivity contribution in [3.05, 3.63) is 58.1 Å². The van der Waals surface area contributed by atoms with Crippen LogP contribution in [0.3, 0.4) is 0 Å². The van der Waals surface area contributed by atoms with E-state index in [0.717, 1.165) is 10.1 Å². The Hall–Kier alpha value is -1.90. The highest BCUT2D eigenvalue weighted by molar-refractivity contribution is 9.10. The Balaban J connectivity index is 1.95. The number of rotatable bonds is 7. The molecule has 0 spiro atoms. The highest BCUT2D eigenvalue weighted by Gasteiger charge is 2.22. The SMILES string of the molecule is CN(C)S(=O)(=O)c1cc(C(=O)NCCOc2ccc(C(C)(C)C)cc2)ccc1Br. The summed E-state index contributed by atoms with van der Waals surface area (Å²) in [7, 11) is -0.769. The van der Waals surface area contributed by atoms with Gasteiger partial charge >= 0.3 is 0 Å². The molecule has 0 heterocycles. The van der Waals surface area contributed by atoms with Crippen LogP contribution in [-0.4, -0.2) is 45.9 Å². The third-order valence-corrected chi connectivity index (χ3v) is 7.14. The number of sulfonamides is 1. The van der Waals surface area contributed by atoms with Gasteiger partial charge in [-0.25, -0.2) is 12.7 Å². The van der Waals surface area contributed by atoms with Gasteiger partial charge in [0.25, 0.3) is 5.91 Å². The molecule has 8 heteroatoms. The zero-order valence-electron chi connectivity index (χ0n) is 17.3. The number of carbonyl (C=O) groups excluding carboxylic acids is 1. The smallest absolute Gasteiger partial charge is 0.251 e. The van der Waals surface area contributed by atoms with E-state index in [-0.39, 0.29) is 21.8 Å². The van der Waals surface area contributed by atoms with Gasteiger partial charge in [-0.05, 0) is 57.2 Å². The molecule has 2 aromatic carbocycles. The first-order chi connectivity index (χ1) is 13.4. The van der Waals surface area contributed by atoms with Gasteiger partial charge in [-0.1, -0.05) is 32.9 Å². The van der Waals surface area contributed by atoms with E-state index in [1.54, 1.807) is 12.1 Å². The fourth-order valence-corrected chi connectivity index (χ4v) is 4.37. The van der Waals surface area contributed by atoms with Crippen molar-refractivity contribution in [2.75, 3.05) is 27.2 Å². The van der Waals surface area contributed by atoms with E-state index in [2.05, 4.69) is 42.0 Å². The molecule has 0 saturated heterocycles. The van der Waals surface area contributed by atoms with Crippen molar-refractivity contribution in [3.63, 3.8) is 0 Å². The average molecular weight is 483 g/mol. The average Bonchev–Trinajstić information content (AvgIpc) is 2.64. The minimum Gasteiger partial charge on any atom is -0.492 e. The number of ether oxygens (including phenoxy) is 1. The number of halogens is 1. The monoisotopic (exact) mass is 482 g/mol. The van der Waals surface area contributed by atoms with Crippen LogP contribution in [-0.2, 0) is 15.4 Å². The number of hydrogen-bond donors (Lipinski definition) is 1. The fourth-order valence-electron chi connectivity index (χ4n) is 2.53. The van der Waals surface area contributed by atoms with Gasteiger partial charge in [-0.3, -0.25) is 4.79 Å². The van der Waals surface area contributed by atoms with Crippen LogP contribution >= 0.6 is 15.9 Å². The largest absolute Gasteiger partial charge is 0.492 e. The van der Waals surface area contributed by atoms with Crippen LogP contribution in [0.1, 0.15) is 36.7 Å². The number of nitrogens with zero attached hydrogens (tertiary/aromatic N) is 1. The molecule has 6 nitrogen and oxygen atoms in total. The van der Waals surface area contributed by atoms with Crippen LogP contribution in [0.2, 0.25) is 0 Å². The second kappa shape index (κ2) is 9.28. The molecule has 0 aliphatic carbocycles. The van der Waals surface area contributed by atoms with Gasteiger partial charge in [-0.15, -0.1) is 0 Å². The molecular formula is C21H27BrN2O4S. The van der Waals surface area contributed by atoms with Crippen molar-refractivity contribution in [2.24, 2.45) is 0 Å². The highest BCUT2D eigenvalue weighted by atomic mass is 79.9. The van der Waals surface area contributed by atoms with Gasteiger partial charge < -0.3 is 10.1 Å². The molecule has 2 rings (SSSR count). The van der Waals surface area contributed by atoms with Crippen molar-refractivity contribution < 1.29 is 17.9 Å². The summed E-state index contributed by atoms with van der Waals surface area (Å²) in [6, 6.07) is 12.4. The molecule has 2 aromatic rings. The van der Waals surface area contributed by atoms with Crippen molar-refractivity contribution in [1.29, 1.82) is 0 Å². The Morgan fingerprint density at radius 3 is 2.28 bits per heavy atom. The van der Waals surface area contributed by atoms with E-state index in [4.69, 9.17) is 4.74 Å². The fraction of sp³-hybridized carbons (Fsp3) is 0.381. The van der Waals surface area contributed by atoms with Gasteiger partial charge in [-0.2, -0.15) is 0 Å². The molecular weight excluding hydrogens is 456 g/mol. The molecule has 0 aromatic heterocycles. The number of hydrogen-bond acceptors (Lipinski definition) is 4. The topological polar surface area (TPSA) is 75.7 Å². The molecule has 0 radical (unpaired) electrons. The molecule has 158 valence electrons. The molecule has 0 atom stereocenters. The molecule has 0 aliphatic rings. The summed E-state index contributed by atoms with van der Waals surface area (Å²) >= 11 is 3.23. The van der Waals surface area contributed by atoms with Crippen LogP contribution < -0.4 is 10.1 Å².